The van der Waals surface area contributed by atoms with Crippen LogP contribution in [0.15, 0.2) is 0 Å². The van der Waals surface area contributed by atoms with Crippen molar-refractivity contribution in [1.82, 2.24) is 0 Å². The molecule has 1 N–H and O–H groups in total. The van der Waals surface area contributed by atoms with Crippen LogP contribution in [0, 0.1) is 17.2 Å². The minimum atomic E-state index is -0.238. The van der Waals surface area contributed by atoms with E-state index < -0.39 is 0 Å². The second kappa shape index (κ2) is 3.85. The molecule has 0 aliphatic carbocycles. The van der Waals surface area contributed by atoms with Crippen molar-refractivity contribution in [2.45, 2.75) is 18.9 Å². The molecule has 0 saturated carbocycles. The van der Waals surface area contributed by atoms with Crippen LogP contribution in [-0.2, 0) is 0 Å². The minimum absolute atomic E-state index is 0.238. The molecular formula is C7H11NOS. The van der Waals surface area contributed by atoms with E-state index in [4.69, 9.17) is 5.26 Å². The highest BCUT2D eigenvalue weighted by Gasteiger charge is 2.22. The first-order valence-electron chi connectivity index (χ1n) is 3.47. The molecule has 0 unspecified atom stereocenters. The first-order chi connectivity index (χ1) is 4.84. The van der Waals surface area contributed by atoms with Crippen molar-refractivity contribution in [3.63, 3.8) is 0 Å². The third-order valence-corrected chi connectivity index (χ3v) is 2.92. The molecule has 1 fully saturated rings. The lowest BCUT2D eigenvalue weighted by Gasteiger charge is -2.24. The van der Waals surface area contributed by atoms with E-state index >= 15 is 0 Å². The minimum Gasteiger partial charge on any atom is -0.392 e. The lowest BCUT2D eigenvalue weighted by atomic mass is 9.97. The molecule has 1 heterocycles. The molecule has 56 valence electrons. The summed E-state index contributed by atoms with van der Waals surface area (Å²) in [5.41, 5.74) is 0. The highest BCUT2D eigenvalue weighted by Crippen LogP contribution is 2.25. The Bertz CT molecular complexity index is 143. The summed E-state index contributed by atoms with van der Waals surface area (Å²) < 4.78 is 0. The first-order valence-corrected chi connectivity index (χ1v) is 4.63. The van der Waals surface area contributed by atoms with Crippen LogP contribution >= 0.6 is 11.8 Å². The zero-order valence-corrected chi connectivity index (χ0v) is 6.60. The van der Waals surface area contributed by atoms with E-state index in [9.17, 15) is 5.11 Å². The molecule has 2 nitrogen and oxygen atoms in total. The Balaban J connectivity index is 2.34. The van der Waals surface area contributed by atoms with Gasteiger partial charge in [-0.2, -0.15) is 17.0 Å². The Labute approximate surface area is 65.2 Å². The van der Waals surface area contributed by atoms with E-state index in [0.717, 1.165) is 17.9 Å². The Morgan fingerprint density at radius 3 is 3.10 bits per heavy atom. The first kappa shape index (κ1) is 7.90. The lowest BCUT2D eigenvalue weighted by molar-refractivity contribution is 0.126. The molecule has 0 radical (unpaired) electrons. The summed E-state index contributed by atoms with van der Waals surface area (Å²) in [5, 5.41) is 17.7. The van der Waals surface area contributed by atoms with Crippen molar-refractivity contribution in [2.75, 3.05) is 11.5 Å². The Morgan fingerprint density at radius 1 is 1.70 bits per heavy atom. The maximum Gasteiger partial charge on any atom is 0.0668 e. The van der Waals surface area contributed by atoms with Crippen molar-refractivity contribution < 1.29 is 5.11 Å². The van der Waals surface area contributed by atoms with Gasteiger partial charge in [0.15, 0.2) is 0 Å². The van der Waals surface area contributed by atoms with Crippen LogP contribution in [-0.4, -0.2) is 22.7 Å². The molecule has 0 aromatic rings. The van der Waals surface area contributed by atoms with Crippen LogP contribution in [0.1, 0.15) is 12.8 Å². The van der Waals surface area contributed by atoms with E-state index in [0.29, 0.717) is 6.42 Å². The van der Waals surface area contributed by atoms with Gasteiger partial charge in [-0.1, -0.05) is 0 Å². The molecule has 0 amide bonds. The number of aliphatic hydroxyl groups excluding tert-OH is 1. The summed E-state index contributed by atoms with van der Waals surface area (Å²) in [6.07, 6.45) is 1.28. The van der Waals surface area contributed by atoms with Gasteiger partial charge in [0, 0.05) is 12.2 Å². The summed E-state index contributed by atoms with van der Waals surface area (Å²) >= 11 is 1.77. The van der Waals surface area contributed by atoms with Crippen molar-refractivity contribution in [1.29, 1.82) is 5.26 Å². The van der Waals surface area contributed by atoms with Gasteiger partial charge in [-0.15, -0.1) is 0 Å². The highest BCUT2D eigenvalue weighted by atomic mass is 32.2. The van der Waals surface area contributed by atoms with Crippen molar-refractivity contribution >= 4 is 11.8 Å². The number of nitrogens with zero attached hydrogens (tertiary/aromatic N) is 1. The van der Waals surface area contributed by atoms with Crippen LogP contribution in [0.4, 0.5) is 0 Å². The second-order valence-corrected chi connectivity index (χ2v) is 3.70. The largest absolute Gasteiger partial charge is 0.392 e. The maximum atomic E-state index is 9.33. The van der Waals surface area contributed by atoms with Crippen LogP contribution in [0.25, 0.3) is 0 Å². The quantitative estimate of drug-likeness (QED) is 0.618. The molecule has 2 atom stereocenters. The zero-order valence-electron chi connectivity index (χ0n) is 5.79. The second-order valence-electron chi connectivity index (χ2n) is 2.55. The van der Waals surface area contributed by atoms with Gasteiger partial charge in [0.2, 0.25) is 0 Å². The van der Waals surface area contributed by atoms with Gasteiger partial charge in [-0.3, -0.25) is 0 Å². The van der Waals surface area contributed by atoms with E-state index in [1.807, 2.05) is 0 Å². The van der Waals surface area contributed by atoms with Gasteiger partial charge in [-0.05, 0) is 18.1 Å². The van der Waals surface area contributed by atoms with E-state index in [-0.39, 0.29) is 12.0 Å². The van der Waals surface area contributed by atoms with E-state index in [1.165, 1.54) is 0 Å². The number of hydrogen-bond acceptors (Lipinski definition) is 3. The van der Waals surface area contributed by atoms with Crippen LogP contribution < -0.4 is 0 Å². The summed E-state index contributed by atoms with van der Waals surface area (Å²) in [7, 11) is 0. The van der Waals surface area contributed by atoms with Gasteiger partial charge < -0.3 is 5.11 Å². The number of nitriles is 1. The Morgan fingerprint density at radius 2 is 2.50 bits per heavy atom. The average Bonchev–Trinajstić information content (AvgIpc) is 1.94. The Hall–Kier alpha value is -0.200. The number of hydrogen-bond donors (Lipinski definition) is 1. The van der Waals surface area contributed by atoms with Gasteiger partial charge in [-0.25, -0.2) is 0 Å². The van der Waals surface area contributed by atoms with Crippen LogP contribution in [0.2, 0.25) is 0 Å². The van der Waals surface area contributed by atoms with Crippen molar-refractivity contribution in [3.05, 3.63) is 0 Å². The molecule has 1 saturated heterocycles. The SMILES string of the molecule is N#CC[C@H]1CCSC[C@H]1O. The third-order valence-electron chi connectivity index (χ3n) is 1.82. The van der Waals surface area contributed by atoms with Gasteiger partial charge in [0.1, 0.15) is 0 Å². The topological polar surface area (TPSA) is 44.0 Å². The fourth-order valence-corrected chi connectivity index (χ4v) is 2.27. The summed E-state index contributed by atoms with van der Waals surface area (Å²) in [6.45, 7) is 0. The van der Waals surface area contributed by atoms with Crippen LogP contribution in [0.3, 0.4) is 0 Å². The zero-order chi connectivity index (χ0) is 7.40. The summed E-state index contributed by atoms with van der Waals surface area (Å²) in [6, 6.07) is 2.10. The highest BCUT2D eigenvalue weighted by molar-refractivity contribution is 7.99. The Kier molecular flexibility index (Phi) is 3.04. The van der Waals surface area contributed by atoms with E-state index in [1.54, 1.807) is 11.8 Å². The molecule has 0 aromatic carbocycles. The van der Waals surface area contributed by atoms with Gasteiger partial charge in [0.05, 0.1) is 12.2 Å². The number of rotatable bonds is 1. The van der Waals surface area contributed by atoms with Gasteiger partial charge >= 0.3 is 0 Å². The number of aliphatic hydroxyl groups is 1. The monoisotopic (exact) mass is 157 g/mol. The molecule has 1 aliphatic rings. The molecular weight excluding hydrogens is 146 g/mol. The lowest BCUT2D eigenvalue weighted by Crippen LogP contribution is -2.27. The fraction of sp³-hybridized carbons (Fsp3) is 0.857. The molecule has 1 aliphatic heterocycles. The van der Waals surface area contributed by atoms with Crippen molar-refractivity contribution in [2.24, 2.45) is 5.92 Å². The van der Waals surface area contributed by atoms with Crippen LogP contribution in [0.5, 0.6) is 0 Å². The number of thioether (sulfide) groups is 1. The predicted molar refractivity (Wildman–Crippen MR) is 41.7 cm³/mol. The predicted octanol–water partition coefficient (Wildman–Crippen LogP) is 1.01. The fourth-order valence-electron chi connectivity index (χ4n) is 1.12. The molecule has 3 heteroatoms. The van der Waals surface area contributed by atoms with E-state index in [2.05, 4.69) is 6.07 Å². The van der Waals surface area contributed by atoms with Gasteiger partial charge in [0.25, 0.3) is 0 Å². The summed E-state index contributed by atoms with van der Waals surface area (Å²) in [5.74, 6) is 2.15. The van der Waals surface area contributed by atoms with Crippen molar-refractivity contribution in [3.8, 4) is 6.07 Å². The molecule has 1 rings (SSSR count). The summed E-state index contributed by atoms with van der Waals surface area (Å²) in [4.78, 5) is 0. The molecule has 0 spiro atoms. The normalized spacial score (nSPS) is 33.2. The maximum absolute atomic E-state index is 9.33. The third kappa shape index (κ3) is 1.89. The molecule has 0 aromatic heterocycles. The standard InChI is InChI=1S/C7H11NOS/c8-3-1-6-2-4-10-5-7(6)9/h6-7,9H,1-2,4-5H2/t6-,7+/m0/s1. The molecule has 0 bridgehead atoms. The average molecular weight is 157 g/mol. The molecule has 10 heavy (non-hydrogen) atoms. The smallest absolute Gasteiger partial charge is 0.0668 e.